The molecular weight excluding hydrogens is 285 g/mol. The van der Waals surface area contributed by atoms with Crippen molar-refractivity contribution in [3.8, 4) is 5.82 Å². The van der Waals surface area contributed by atoms with Crippen molar-refractivity contribution in [2.45, 2.75) is 6.42 Å². The van der Waals surface area contributed by atoms with Gasteiger partial charge < -0.3 is 5.32 Å². The summed E-state index contributed by atoms with van der Waals surface area (Å²) < 4.78 is 15.0. The van der Waals surface area contributed by atoms with Crippen LogP contribution in [0.4, 0.5) is 10.1 Å². The molecule has 1 amide bonds. The molecule has 0 spiro atoms. The molecule has 0 radical (unpaired) electrons. The number of amides is 1. The van der Waals surface area contributed by atoms with Gasteiger partial charge in [0.15, 0.2) is 5.82 Å². The molecule has 0 unspecified atom stereocenters. The maximum atomic E-state index is 13.6. The van der Waals surface area contributed by atoms with Crippen molar-refractivity contribution in [3.63, 3.8) is 0 Å². The summed E-state index contributed by atoms with van der Waals surface area (Å²) in [4.78, 5) is 20.1. The zero-order chi connectivity index (χ0) is 15.4. The van der Waals surface area contributed by atoms with Gasteiger partial charge in [0.2, 0.25) is 5.91 Å². The fourth-order valence-corrected chi connectivity index (χ4v) is 2.00. The molecule has 0 aliphatic rings. The minimum atomic E-state index is -0.402. The number of hydrogen-bond donors (Lipinski definition) is 1. The van der Waals surface area contributed by atoms with E-state index in [4.69, 9.17) is 0 Å². The van der Waals surface area contributed by atoms with Crippen LogP contribution in [-0.4, -0.2) is 25.7 Å². The number of rotatable bonds is 4. The van der Waals surface area contributed by atoms with Crippen LogP contribution in [0.25, 0.3) is 5.82 Å². The van der Waals surface area contributed by atoms with E-state index in [0.717, 1.165) is 0 Å². The van der Waals surface area contributed by atoms with Crippen LogP contribution < -0.4 is 5.32 Å². The maximum absolute atomic E-state index is 13.6. The number of benzene rings is 1. The lowest BCUT2D eigenvalue weighted by molar-refractivity contribution is -0.115. The first-order chi connectivity index (χ1) is 10.7. The molecule has 2 aromatic heterocycles. The van der Waals surface area contributed by atoms with E-state index in [9.17, 15) is 9.18 Å². The van der Waals surface area contributed by atoms with Crippen LogP contribution in [0.15, 0.2) is 55.2 Å². The molecule has 22 heavy (non-hydrogen) atoms. The van der Waals surface area contributed by atoms with E-state index in [-0.39, 0.29) is 12.3 Å². The normalized spacial score (nSPS) is 10.4. The van der Waals surface area contributed by atoms with Crippen molar-refractivity contribution in [1.82, 2.24) is 19.7 Å². The first-order valence-electron chi connectivity index (χ1n) is 6.57. The first kappa shape index (κ1) is 13.9. The number of hydrogen-bond acceptors (Lipinski definition) is 4. The zero-order valence-electron chi connectivity index (χ0n) is 11.5. The Hall–Kier alpha value is -3.09. The predicted molar refractivity (Wildman–Crippen MR) is 77.9 cm³/mol. The van der Waals surface area contributed by atoms with Crippen LogP contribution >= 0.6 is 0 Å². The zero-order valence-corrected chi connectivity index (χ0v) is 11.5. The molecule has 110 valence electrons. The molecule has 0 saturated carbocycles. The maximum Gasteiger partial charge on any atom is 0.229 e. The van der Waals surface area contributed by atoms with Crippen molar-refractivity contribution >= 4 is 11.6 Å². The van der Waals surface area contributed by atoms with Crippen molar-refractivity contribution in [3.05, 3.63) is 66.6 Å². The lowest BCUT2D eigenvalue weighted by Gasteiger charge is -2.09. The van der Waals surface area contributed by atoms with E-state index in [0.29, 0.717) is 17.1 Å². The third kappa shape index (κ3) is 2.98. The van der Waals surface area contributed by atoms with Crippen molar-refractivity contribution in [2.75, 3.05) is 5.32 Å². The molecule has 0 aliphatic heterocycles. The van der Waals surface area contributed by atoms with Crippen LogP contribution in [-0.2, 0) is 11.2 Å². The molecule has 1 aromatic carbocycles. The molecule has 0 fully saturated rings. The molecule has 0 aliphatic carbocycles. The molecule has 0 bridgehead atoms. The number of pyridine rings is 1. The summed E-state index contributed by atoms with van der Waals surface area (Å²) in [7, 11) is 0. The van der Waals surface area contributed by atoms with Crippen molar-refractivity contribution in [2.24, 2.45) is 0 Å². The number of carbonyl (C=O) groups is 1. The van der Waals surface area contributed by atoms with Crippen LogP contribution in [0.1, 0.15) is 5.56 Å². The highest BCUT2D eigenvalue weighted by molar-refractivity contribution is 5.93. The standard InChI is InChI=1S/C15H12FN5O/c16-12-5-2-1-4-11(12)8-14(22)20-13-6-3-7-18-15(13)21-10-17-9-19-21/h1-7,9-10H,8H2,(H,20,22). The summed E-state index contributed by atoms with van der Waals surface area (Å²) in [6.07, 6.45) is 4.39. The number of nitrogens with one attached hydrogen (secondary N) is 1. The van der Waals surface area contributed by atoms with Crippen LogP contribution in [0.5, 0.6) is 0 Å². The predicted octanol–water partition coefficient (Wildman–Crippen LogP) is 1.98. The van der Waals surface area contributed by atoms with Crippen LogP contribution in [0.2, 0.25) is 0 Å². The highest BCUT2D eigenvalue weighted by atomic mass is 19.1. The Morgan fingerprint density at radius 1 is 1.23 bits per heavy atom. The minimum Gasteiger partial charge on any atom is -0.323 e. The summed E-state index contributed by atoms with van der Waals surface area (Å²) in [5.41, 5.74) is 0.820. The first-order valence-corrected chi connectivity index (χ1v) is 6.57. The Kier molecular flexibility index (Phi) is 3.86. The van der Waals surface area contributed by atoms with Crippen LogP contribution in [0, 0.1) is 5.82 Å². The minimum absolute atomic E-state index is 0.0572. The third-order valence-corrected chi connectivity index (χ3v) is 3.01. The second-order valence-corrected chi connectivity index (χ2v) is 4.53. The van der Waals surface area contributed by atoms with Gasteiger partial charge in [-0.1, -0.05) is 18.2 Å². The van der Waals surface area contributed by atoms with E-state index in [2.05, 4.69) is 20.4 Å². The number of halogens is 1. The van der Waals surface area contributed by atoms with Crippen LogP contribution in [0.3, 0.4) is 0 Å². The molecule has 2 heterocycles. The van der Waals surface area contributed by atoms with Gasteiger partial charge >= 0.3 is 0 Å². The molecule has 0 saturated heterocycles. The Morgan fingerprint density at radius 3 is 2.86 bits per heavy atom. The monoisotopic (exact) mass is 297 g/mol. The van der Waals surface area contributed by atoms with Gasteiger partial charge in [0, 0.05) is 6.20 Å². The lowest BCUT2D eigenvalue weighted by atomic mass is 10.1. The molecule has 3 rings (SSSR count). The lowest BCUT2D eigenvalue weighted by Crippen LogP contribution is -2.17. The van der Waals surface area contributed by atoms with Gasteiger partial charge in [0.25, 0.3) is 0 Å². The van der Waals surface area contributed by atoms with E-state index in [1.165, 1.54) is 23.4 Å². The van der Waals surface area contributed by atoms with Gasteiger partial charge in [-0.25, -0.2) is 19.0 Å². The average molecular weight is 297 g/mol. The van der Waals surface area contributed by atoms with E-state index in [1.807, 2.05) is 0 Å². The molecular formula is C15H12FN5O. The molecule has 6 nitrogen and oxygen atoms in total. The molecule has 3 aromatic rings. The Labute approximate surface area is 125 Å². The van der Waals surface area contributed by atoms with Gasteiger partial charge in [-0.2, -0.15) is 5.10 Å². The topological polar surface area (TPSA) is 72.7 Å². The van der Waals surface area contributed by atoms with Gasteiger partial charge in [0.05, 0.1) is 12.1 Å². The Morgan fingerprint density at radius 2 is 2.09 bits per heavy atom. The average Bonchev–Trinajstić information content (AvgIpc) is 3.04. The second kappa shape index (κ2) is 6.13. The summed E-state index contributed by atoms with van der Waals surface area (Å²) in [6.45, 7) is 0. The number of anilines is 1. The number of nitrogens with zero attached hydrogens (tertiary/aromatic N) is 4. The molecule has 0 atom stereocenters. The fraction of sp³-hybridized carbons (Fsp3) is 0.0667. The van der Waals surface area contributed by atoms with Gasteiger partial charge in [-0.05, 0) is 23.8 Å². The van der Waals surface area contributed by atoms with Gasteiger partial charge in [-0.3, -0.25) is 4.79 Å². The number of carbonyl (C=O) groups excluding carboxylic acids is 1. The smallest absolute Gasteiger partial charge is 0.229 e. The van der Waals surface area contributed by atoms with E-state index < -0.39 is 5.82 Å². The van der Waals surface area contributed by atoms with Gasteiger partial charge in [-0.15, -0.1) is 0 Å². The fourth-order valence-electron chi connectivity index (χ4n) is 2.00. The van der Waals surface area contributed by atoms with Crippen molar-refractivity contribution < 1.29 is 9.18 Å². The van der Waals surface area contributed by atoms with E-state index >= 15 is 0 Å². The SMILES string of the molecule is O=C(Cc1ccccc1F)Nc1cccnc1-n1cncn1. The largest absolute Gasteiger partial charge is 0.323 e. The van der Waals surface area contributed by atoms with E-state index in [1.54, 1.807) is 36.5 Å². The quantitative estimate of drug-likeness (QED) is 0.799. The Balaban J connectivity index is 1.79. The molecule has 1 N–H and O–H groups in total. The van der Waals surface area contributed by atoms with Gasteiger partial charge in [0.1, 0.15) is 18.5 Å². The summed E-state index contributed by atoms with van der Waals surface area (Å²) in [5, 5.41) is 6.70. The highest BCUT2D eigenvalue weighted by Gasteiger charge is 2.12. The second-order valence-electron chi connectivity index (χ2n) is 4.53. The number of aromatic nitrogens is 4. The third-order valence-electron chi connectivity index (χ3n) is 3.01. The Bertz CT molecular complexity index is 788. The van der Waals surface area contributed by atoms with Crippen molar-refractivity contribution in [1.29, 1.82) is 0 Å². The highest BCUT2D eigenvalue weighted by Crippen LogP contribution is 2.16. The summed E-state index contributed by atoms with van der Waals surface area (Å²) in [5.74, 6) is -0.290. The molecule has 7 heteroatoms. The summed E-state index contributed by atoms with van der Waals surface area (Å²) >= 11 is 0. The summed E-state index contributed by atoms with van der Waals surface area (Å²) in [6, 6.07) is 9.57.